The summed E-state index contributed by atoms with van der Waals surface area (Å²) in [6.07, 6.45) is 4.77. The van der Waals surface area contributed by atoms with Crippen LogP contribution in [0, 0.1) is 18.8 Å². The molecular weight excluding hydrogens is 186 g/mol. The van der Waals surface area contributed by atoms with E-state index in [2.05, 4.69) is 11.9 Å². The molecule has 1 aliphatic rings. The van der Waals surface area contributed by atoms with Gasteiger partial charge in [0.05, 0.1) is 0 Å². The second-order valence-corrected chi connectivity index (χ2v) is 4.62. The van der Waals surface area contributed by atoms with Gasteiger partial charge in [-0.2, -0.15) is 0 Å². The maximum Gasteiger partial charge on any atom is 0.163 e. The lowest BCUT2D eigenvalue weighted by atomic mass is 10.0. The van der Waals surface area contributed by atoms with Crippen LogP contribution in [0.2, 0.25) is 0 Å². The summed E-state index contributed by atoms with van der Waals surface area (Å²) in [4.78, 5) is 15.9. The Kier molecular flexibility index (Phi) is 2.85. The van der Waals surface area contributed by atoms with E-state index >= 15 is 0 Å². The molecule has 2 nitrogen and oxygen atoms in total. The van der Waals surface area contributed by atoms with Crippen LogP contribution < -0.4 is 0 Å². The Morgan fingerprint density at radius 2 is 2.33 bits per heavy atom. The number of ketones is 1. The second kappa shape index (κ2) is 4.13. The number of Topliss-reactive ketones (excluding diaryl/α,β-unsaturated/α-hetero) is 1. The number of carbonyl (C=O) groups is 1. The number of carbonyl (C=O) groups excluding carboxylic acids is 1. The summed E-state index contributed by atoms with van der Waals surface area (Å²) in [6, 6.07) is 3.68. The quantitative estimate of drug-likeness (QED) is 0.704. The lowest BCUT2D eigenvalue weighted by Gasteiger charge is -2.01. The summed E-state index contributed by atoms with van der Waals surface area (Å²) < 4.78 is 0. The molecule has 0 saturated heterocycles. The minimum absolute atomic E-state index is 0.264. The Labute approximate surface area is 90.7 Å². The van der Waals surface area contributed by atoms with Crippen LogP contribution in [0.1, 0.15) is 42.2 Å². The van der Waals surface area contributed by atoms with Gasteiger partial charge in [-0.1, -0.05) is 6.92 Å². The molecular formula is C13H17NO. The fourth-order valence-electron chi connectivity index (χ4n) is 1.98. The van der Waals surface area contributed by atoms with Crippen LogP contribution in [0.4, 0.5) is 0 Å². The fraction of sp³-hybridized carbons (Fsp3) is 0.538. The molecule has 2 unspecified atom stereocenters. The Bertz CT molecular complexity index is 373. The van der Waals surface area contributed by atoms with Crippen LogP contribution in [-0.2, 0) is 0 Å². The molecule has 1 aromatic heterocycles. The van der Waals surface area contributed by atoms with Crippen molar-refractivity contribution < 1.29 is 4.79 Å². The molecule has 15 heavy (non-hydrogen) atoms. The summed E-state index contributed by atoms with van der Waals surface area (Å²) in [5, 5.41) is 0. The molecule has 2 heteroatoms. The van der Waals surface area contributed by atoms with Crippen molar-refractivity contribution in [2.75, 3.05) is 0 Å². The standard InChI is InChI=1S/C13H17NO/c1-9-7-11(9)3-4-13(15)12-5-6-14-10(2)8-12/h5-6,8-9,11H,3-4,7H2,1-2H3. The molecule has 1 aliphatic carbocycles. The van der Waals surface area contributed by atoms with Gasteiger partial charge in [-0.05, 0) is 43.7 Å². The molecule has 0 amide bonds. The van der Waals surface area contributed by atoms with Crippen molar-refractivity contribution in [3.63, 3.8) is 0 Å². The predicted octanol–water partition coefficient (Wildman–Crippen LogP) is 3.01. The number of pyridine rings is 1. The van der Waals surface area contributed by atoms with Crippen LogP contribution in [0.25, 0.3) is 0 Å². The van der Waals surface area contributed by atoms with Crippen molar-refractivity contribution in [1.82, 2.24) is 4.98 Å². The molecule has 2 atom stereocenters. The average Bonchev–Trinajstić information content (AvgIpc) is 2.91. The SMILES string of the molecule is Cc1cc(C(=O)CCC2CC2C)ccn1. The predicted molar refractivity (Wildman–Crippen MR) is 59.8 cm³/mol. The third kappa shape index (κ3) is 2.65. The van der Waals surface area contributed by atoms with E-state index in [1.165, 1.54) is 6.42 Å². The molecule has 0 spiro atoms. The first-order valence-corrected chi connectivity index (χ1v) is 5.62. The lowest BCUT2D eigenvalue weighted by molar-refractivity contribution is 0.0977. The second-order valence-electron chi connectivity index (χ2n) is 4.62. The fourth-order valence-corrected chi connectivity index (χ4v) is 1.98. The summed E-state index contributed by atoms with van der Waals surface area (Å²) in [5.41, 5.74) is 1.73. The summed E-state index contributed by atoms with van der Waals surface area (Å²) in [5.74, 6) is 1.91. The van der Waals surface area contributed by atoms with Gasteiger partial charge in [-0.3, -0.25) is 9.78 Å². The van der Waals surface area contributed by atoms with Gasteiger partial charge in [0.1, 0.15) is 0 Å². The Balaban J connectivity index is 1.90. The highest BCUT2D eigenvalue weighted by atomic mass is 16.1. The van der Waals surface area contributed by atoms with E-state index in [4.69, 9.17) is 0 Å². The van der Waals surface area contributed by atoms with Crippen LogP contribution in [0.15, 0.2) is 18.3 Å². The maximum atomic E-state index is 11.8. The zero-order valence-electron chi connectivity index (χ0n) is 9.36. The number of rotatable bonds is 4. The number of hydrogen-bond donors (Lipinski definition) is 0. The smallest absolute Gasteiger partial charge is 0.163 e. The minimum atomic E-state index is 0.264. The van der Waals surface area contributed by atoms with Gasteiger partial charge < -0.3 is 0 Å². The molecule has 1 saturated carbocycles. The average molecular weight is 203 g/mol. The summed E-state index contributed by atoms with van der Waals surface area (Å²) >= 11 is 0. The molecule has 0 aromatic carbocycles. The zero-order chi connectivity index (χ0) is 10.8. The van der Waals surface area contributed by atoms with E-state index in [0.717, 1.165) is 29.5 Å². The monoisotopic (exact) mass is 203 g/mol. The van der Waals surface area contributed by atoms with E-state index in [1.54, 1.807) is 6.20 Å². The first-order valence-electron chi connectivity index (χ1n) is 5.62. The molecule has 1 fully saturated rings. The van der Waals surface area contributed by atoms with Crippen LogP contribution >= 0.6 is 0 Å². The van der Waals surface area contributed by atoms with Gasteiger partial charge in [0.2, 0.25) is 0 Å². The molecule has 0 N–H and O–H groups in total. The van der Waals surface area contributed by atoms with Crippen molar-refractivity contribution in [1.29, 1.82) is 0 Å². The number of nitrogens with zero attached hydrogens (tertiary/aromatic N) is 1. The van der Waals surface area contributed by atoms with Crippen LogP contribution in [0.5, 0.6) is 0 Å². The Morgan fingerprint density at radius 1 is 1.60 bits per heavy atom. The highest BCUT2D eigenvalue weighted by Crippen LogP contribution is 2.41. The van der Waals surface area contributed by atoms with Gasteiger partial charge in [0.15, 0.2) is 5.78 Å². The highest BCUT2D eigenvalue weighted by molar-refractivity contribution is 5.96. The Morgan fingerprint density at radius 3 is 2.93 bits per heavy atom. The van der Waals surface area contributed by atoms with Gasteiger partial charge in [0.25, 0.3) is 0 Å². The third-order valence-corrected chi connectivity index (χ3v) is 3.24. The van der Waals surface area contributed by atoms with E-state index in [0.29, 0.717) is 6.42 Å². The first kappa shape index (κ1) is 10.3. The van der Waals surface area contributed by atoms with Gasteiger partial charge in [0, 0.05) is 23.9 Å². The Hall–Kier alpha value is -1.18. The van der Waals surface area contributed by atoms with Crippen molar-refractivity contribution in [3.8, 4) is 0 Å². The third-order valence-electron chi connectivity index (χ3n) is 3.24. The summed E-state index contributed by atoms with van der Waals surface area (Å²) in [7, 11) is 0. The van der Waals surface area contributed by atoms with Crippen LogP contribution in [-0.4, -0.2) is 10.8 Å². The molecule has 2 rings (SSSR count). The van der Waals surface area contributed by atoms with Gasteiger partial charge in [-0.15, -0.1) is 0 Å². The molecule has 1 heterocycles. The van der Waals surface area contributed by atoms with Crippen molar-refractivity contribution in [3.05, 3.63) is 29.6 Å². The number of hydrogen-bond acceptors (Lipinski definition) is 2. The van der Waals surface area contributed by atoms with Crippen molar-refractivity contribution in [2.45, 2.75) is 33.1 Å². The largest absolute Gasteiger partial charge is 0.294 e. The van der Waals surface area contributed by atoms with E-state index in [1.807, 2.05) is 19.1 Å². The van der Waals surface area contributed by atoms with Crippen molar-refractivity contribution >= 4 is 5.78 Å². The zero-order valence-corrected chi connectivity index (χ0v) is 9.36. The number of aromatic nitrogens is 1. The van der Waals surface area contributed by atoms with Crippen molar-refractivity contribution in [2.24, 2.45) is 11.8 Å². The van der Waals surface area contributed by atoms with Crippen LogP contribution in [0.3, 0.4) is 0 Å². The van der Waals surface area contributed by atoms with E-state index < -0.39 is 0 Å². The van der Waals surface area contributed by atoms with Gasteiger partial charge in [-0.25, -0.2) is 0 Å². The number of aryl methyl sites for hydroxylation is 1. The molecule has 1 aromatic rings. The first-order chi connectivity index (χ1) is 7.16. The molecule has 0 bridgehead atoms. The normalized spacial score (nSPS) is 23.9. The van der Waals surface area contributed by atoms with E-state index in [-0.39, 0.29) is 5.78 Å². The lowest BCUT2D eigenvalue weighted by Crippen LogP contribution is -2.00. The van der Waals surface area contributed by atoms with Gasteiger partial charge >= 0.3 is 0 Å². The van der Waals surface area contributed by atoms with E-state index in [9.17, 15) is 4.79 Å². The molecule has 80 valence electrons. The maximum absolute atomic E-state index is 11.8. The minimum Gasteiger partial charge on any atom is -0.294 e. The molecule has 0 radical (unpaired) electrons. The topological polar surface area (TPSA) is 30.0 Å². The summed E-state index contributed by atoms with van der Waals surface area (Å²) in [6.45, 7) is 4.17. The highest BCUT2D eigenvalue weighted by Gasteiger charge is 2.32. The molecule has 0 aliphatic heterocycles.